The summed E-state index contributed by atoms with van der Waals surface area (Å²) in [6, 6.07) is 0. The standard InChI is InChI=1S/C14H27NO/c1-12(2)13(16)15-14(3)10-8-6-4-5-7-9-11-14/h12H,4-11H2,1-3H3,(H,15,16). The van der Waals surface area contributed by atoms with E-state index in [-0.39, 0.29) is 17.4 Å². The van der Waals surface area contributed by atoms with Crippen molar-refractivity contribution >= 4 is 5.91 Å². The van der Waals surface area contributed by atoms with E-state index in [1.54, 1.807) is 0 Å². The zero-order chi connectivity index (χ0) is 12.0. The van der Waals surface area contributed by atoms with Gasteiger partial charge in [-0.25, -0.2) is 0 Å². The molecule has 1 saturated carbocycles. The summed E-state index contributed by atoms with van der Waals surface area (Å²) in [7, 11) is 0. The van der Waals surface area contributed by atoms with Crippen LogP contribution in [0.15, 0.2) is 0 Å². The van der Waals surface area contributed by atoms with E-state index in [1.165, 1.54) is 38.5 Å². The van der Waals surface area contributed by atoms with Gasteiger partial charge >= 0.3 is 0 Å². The van der Waals surface area contributed by atoms with Crippen LogP contribution in [0.2, 0.25) is 0 Å². The van der Waals surface area contributed by atoms with Crippen LogP contribution in [0.1, 0.15) is 72.1 Å². The second-order valence-electron chi connectivity index (χ2n) is 5.83. The Morgan fingerprint density at radius 3 is 1.88 bits per heavy atom. The lowest BCUT2D eigenvalue weighted by molar-refractivity contribution is -0.126. The molecule has 0 aromatic carbocycles. The molecule has 16 heavy (non-hydrogen) atoms. The highest BCUT2D eigenvalue weighted by Crippen LogP contribution is 2.25. The van der Waals surface area contributed by atoms with E-state index in [9.17, 15) is 4.79 Å². The number of amides is 1. The van der Waals surface area contributed by atoms with E-state index in [0.717, 1.165) is 12.8 Å². The first-order valence-electron chi connectivity index (χ1n) is 6.85. The van der Waals surface area contributed by atoms with Gasteiger partial charge in [-0.05, 0) is 19.8 Å². The lowest BCUT2D eigenvalue weighted by Crippen LogP contribution is -2.47. The predicted molar refractivity (Wildman–Crippen MR) is 68.3 cm³/mol. The smallest absolute Gasteiger partial charge is 0.222 e. The highest BCUT2D eigenvalue weighted by Gasteiger charge is 2.26. The van der Waals surface area contributed by atoms with Crippen LogP contribution in [0.4, 0.5) is 0 Å². The third-order valence-corrected chi connectivity index (χ3v) is 3.66. The number of carbonyl (C=O) groups is 1. The van der Waals surface area contributed by atoms with Crippen molar-refractivity contribution in [1.82, 2.24) is 5.32 Å². The molecule has 1 aliphatic carbocycles. The third kappa shape index (κ3) is 4.54. The normalized spacial score (nSPS) is 22.0. The highest BCUT2D eigenvalue weighted by atomic mass is 16.2. The second kappa shape index (κ2) is 6.27. The number of rotatable bonds is 2. The van der Waals surface area contributed by atoms with Gasteiger partial charge in [0.1, 0.15) is 0 Å². The van der Waals surface area contributed by atoms with Crippen molar-refractivity contribution in [2.24, 2.45) is 5.92 Å². The van der Waals surface area contributed by atoms with Crippen molar-refractivity contribution in [2.45, 2.75) is 77.7 Å². The molecule has 2 heteroatoms. The molecule has 0 aromatic rings. The lowest BCUT2D eigenvalue weighted by Gasteiger charge is -2.31. The zero-order valence-electron chi connectivity index (χ0n) is 11.1. The fraction of sp³-hybridized carbons (Fsp3) is 0.929. The zero-order valence-corrected chi connectivity index (χ0v) is 11.1. The molecule has 1 N–H and O–H groups in total. The summed E-state index contributed by atoms with van der Waals surface area (Å²) >= 11 is 0. The molecule has 0 saturated heterocycles. The van der Waals surface area contributed by atoms with Crippen molar-refractivity contribution < 1.29 is 4.79 Å². The van der Waals surface area contributed by atoms with Gasteiger partial charge in [0.2, 0.25) is 5.91 Å². The Kier molecular flexibility index (Phi) is 5.30. The van der Waals surface area contributed by atoms with Gasteiger partial charge in [-0.2, -0.15) is 0 Å². The molecule has 1 amide bonds. The molecule has 0 aromatic heterocycles. The Morgan fingerprint density at radius 1 is 1.00 bits per heavy atom. The number of carbonyl (C=O) groups excluding carboxylic acids is 1. The molecule has 0 bridgehead atoms. The summed E-state index contributed by atoms with van der Waals surface area (Å²) in [5.74, 6) is 0.311. The van der Waals surface area contributed by atoms with Gasteiger partial charge in [0.05, 0.1) is 0 Å². The van der Waals surface area contributed by atoms with E-state index >= 15 is 0 Å². The summed E-state index contributed by atoms with van der Waals surface area (Å²) in [5.41, 5.74) is 0.0473. The molecule has 0 heterocycles. The summed E-state index contributed by atoms with van der Waals surface area (Å²) in [4.78, 5) is 11.8. The molecule has 94 valence electrons. The van der Waals surface area contributed by atoms with Gasteiger partial charge in [0.25, 0.3) is 0 Å². The third-order valence-electron chi connectivity index (χ3n) is 3.66. The van der Waals surface area contributed by atoms with Crippen molar-refractivity contribution in [3.63, 3.8) is 0 Å². The molecule has 1 rings (SSSR count). The quantitative estimate of drug-likeness (QED) is 0.763. The average molecular weight is 225 g/mol. The first-order chi connectivity index (χ1) is 7.53. The van der Waals surface area contributed by atoms with E-state index < -0.39 is 0 Å². The minimum Gasteiger partial charge on any atom is -0.351 e. The van der Waals surface area contributed by atoms with Gasteiger partial charge in [-0.15, -0.1) is 0 Å². The molecule has 2 nitrogen and oxygen atoms in total. The number of hydrogen-bond donors (Lipinski definition) is 1. The van der Waals surface area contributed by atoms with Crippen LogP contribution < -0.4 is 5.32 Å². The van der Waals surface area contributed by atoms with E-state index in [0.29, 0.717) is 0 Å². The van der Waals surface area contributed by atoms with Crippen LogP contribution >= 0.6 is 0 Å². The van der Waals surface area contributed by atoms with Crippen LogP contribution in [-0.2, 0) is 4.79 Å². The SMILES string of the molecule is CC(C)C(=O)NC1(C)CCCCCCCC1. The maximum Gasteiger partial charge on any atom is 0.222 e. The van der Waals surface area contributed by atoms with Crippen LogP contribution in [0.25, 0.3) is 0 Å². The van der Waals surface area contributed by atoms with Crippen LogP contribution in [0, 0.1) is 5.92 Å². The molecule has 0 unspecified atom stereocenters. The molecule has 0 spiro atoms. The van der Waals surface area contributed by atoms with Gasteiger partial charge in [-0.1, -0.05) is 52.4 Å². The topological polar surface area (TPSA) is 29.1 Å². The molecule has 0 aliphatic heterocycles. The minimum absolute atomic E-state index is 0.0473. The van der Waals surface area contributed by atoms with Crippen LogP contribution in [0.3, 0.4) is 0 Å². The van der Waals surface area contributed by atoms with E-state index in [4.69, 9.17) is 0 Å². The first kappa shape index (κ1) is 13.5. The lowest BCUT2D eigenvalue weighted by atomic mass is 9.89. The first-order valence-corrected chi connectivity index (χ1v) is 6.85. The largest absolute Gasteiger partial charge is 0.351 e. The monoisotopic (exact) mass is 225 g/mol. The average Bonchev–Trinajstić information content (AvgIpc) is 2.30. The fourth-order valence-electron chi connectivity index (χ4n) is 2.43. The van der Waals surface area contributed by atoms with Crippen molar-refractivity contribution in [1.29, 1.82) is 0 Å². The molecular weight excluding hydrogens is 198 g/mol. The van der Waals surface area contributed by atoms with Gasteiger partial charge in [-0.3, -0.25) is 4.79 Å². The molecule has 0 atom stereocenters. The molecule has 1 aliphatic rings. The van der Waals surface area contributed by atoms with Crippen LogP contribution in [-0.4, -0.2) is 11.4 Å². The molecular formula is C14H27NO. The van der Waals surface area contributed by atoms with Crippen molar-refractivity contribution in [2.75, 3.05) is 0 Å². The summed E-state index contributed by atoms with van der Waals surface area (Å²) < 4.78 is 0. The van der Waals surface area contributed by atoms with Crippen LogP contribution in [0.5, 0.6) is 0 Å². The van der Waals surface area contributed by atoms with E-state index in [2.05, 4.69) is 12.2 Å². The van der Waals surface area contributed by atoms with Gasteiger partial charge in [0, 0.05) is 11.5 Å². The maximum atomic E-state index is 11.8. The van der Waals surface area contributed by atoms with Crippen molar-refractivity contribution in [3.05, 3.63) is 0 Å². The minimum atomic E-state index is 0.0473. The van der Waals surface area contributed by atoms with E-state index in [1.807, 2.05) is 13.8 Å². The Bertz CT molecular complexity index is 213. The number of nitrogens with one attached hydrogen (secondary N) is 1. The Balaban J connectivity index is 2.52. The Hall–Kier alpha value is -0.530. The Labute approximate surface area is 100 Å². The summed E-state index contributed by atoms with van der Waals surface area (Å²) in [6.45, 7) is 6.15. The number of hydrogen-bond acceptors (Lipinski definition) is 1. The van der Waals surface area contributed by atoms with Crippen molar-refractivity contribution in [3.8, 4) is 0 Å². The highest BCUT2D eigenvalue weighted by molar-refractivity contribution is 5.78. The Morgan fingerprint density at radius 2 is 1.44 bits per heavy atom. The maximum absolute atomic E-state index is 11.8. The summed E-state index contributed by atoms with van der Waals surface area (Å²) in [6.07, 6.45) is 10.2. The van der Waals surface area contributed by atoms with Gasteiger partial charge < -0.3 is 5.32 Å². The van der Waals surface area contributed by atoms with Gasteiger partial charge in [0.15, 0.2) is 0 Å². The molecule has 1 fully saturated rings. The molecule has 0 radical (unpaired) electrons. The second-order valence-corrected chi connectivity index (χ2v) is 5.83. The predicted octanol–water partition coefficient (Wildman–Crippen LogP) is 3.65. The fourth-order valence-corrected chi connectivity index (χ4v) is 2.43. The summed E-state index contributed by atoms with van der Waals surface area (Å²) in [5, 5.41) is 3.25.